The normalized spacial score (nSPS) is 19.8. The van der Waals surface area contributed by atoms with Gasteiger partial charge in [0.05, 0.1) is 6.42 Å². The first-order chi connectivity index (χ1) is 17.0. The Kier molecular flexibility index (Phi) is 8.06. The van der Waals surface area contributed by atoms with Gasteiger partial charge in [0.25, 0.3) is 0 Å². The Morgan fingerprint density at radius 1 is 0.971 bits per heavy atom. The van der Waals surface area contributed by atoms with Crippen LogP contribution in [-0.4, -0.2) is 42.3 Å². The molecule has 1 atom stereocenters. The van der Waals surface area contributed by atoms with Crippen molar-refractivity contribution >= 4 is 18.0 Å². The first-order valence-corrected chi connectivity index (χ1v) is 12.6. The quantitative estimate of drug-likeness (QED) is 0.485. The van der Waals surface area contributed by atoms with E-state index in [1.165, 1.54) is 22.3 Å². The highest BCUT2D eigenvalue weighted by Gasteiger charge is 2.30. The number of hydrogen-bond donors (Lipinski definition) is 3. The highest BCUT2D eigenvalue weighted by atomic mass is 16.5. The second-order valence-electron chi connectivity index (χ2n) is 9.64. The van der Waals surface area contributed by atoms with Crippen LogP contribution < -0.4 is 10.6 Å². The molecule has 0 heterocycles. The van der Waals surface area contributed by atoms with Gasteiger partial charge in [-0.15, -0.1) is 0 Å². The van der Waals surface area contributed by atoms with Crippen molar-refractivity contribution < 1.29 is 24.2 Å². The van der Waals surface area contributed by atoms with Crippen molar-refractivity contribution in [2.24, 2.45) is 11.8 Å². The van der Waals surface area contributed by atoms with Crippen molar-refractivity contribution in [2.75, 3.05) is 13.2 Å². The fourth-order valence-corrected chi connectivity index (χ4v) is 5.33. The van der Waals surface area contributed by atoms with Crippen molar-refractivity contribution in [2.45, 2.75) is 57.4 Å². The Balaban J connectivity index is 1.20. The van der Waals surface area contributed by atoms with Gasteiger partial charge in [-0.05, 0) is 60.3 Å². The van der Waals surface area contributed by atoms with E-state index in [1.54, 1.807) is 0 Å². The second kappa shape index (κ2) is 11.4. The Labute approximate surface area is 206 Å². The summed E-state index contributed by atoms with van der Waals surface area (Å²) in [6.07, 6.45) is 3.30. The molecule has 2 aromatic rings. The minimum atomic E-state index is -0.903. The number of carboxylic acids is 1. The summed E-state index contributed by atoms with van der Waals surface area (Å²) >= 11 is 0. The number of carbonyl (C=O) groups is 3. The fraction of sp³-hybridized carbons (Fsp3) is 0.464. The van der Waals surface area contributed by atoms with Gasteiger partial charge in [-0.1, -0.05) is 55.5 Å². The van der Waals surface area contributed by atoms with Crippen molar-refractivity contribution in [3.63, 3.8) is 0 Å². The Hall–Kier alpha value is -3.35. The molecule has 1 fully saturated rings. The number of benzene rings is 2. The van der Waals surface area contributed by atoms with Gasteiger partial charge in [0.2, 0.25) is 5.91 Å². The summed E-state index contributed by atoms with van der Waals surface area (Å²) < 4.78 is 5.62. The predicted octanol–water partition coefficient (Wildman–Crippen LogP) is 4.70. The molecule has 0 saturated heterocycles. The van der Waals surface area contributed by atoms with E-state index in [0.717, 1.165) is 25.7 Å². The van der Waals surface area contributed by atoms with Crippen molar-refractivity contribution in [3.05, 3.63) is 59.7 Å². The van der Waals surface area contributed by atoms with Crippen molar-refractivity contribution in [1.82, 2.24) is 10.6 Å². The van der Waals surface area contributed by atoms with Crippen LogP contribution in [0.15, 0.2) is 48.5 Å². The molecule has 2 aromatic carbocycles. The lowest BCUT2D eigenvalue weighted by molar-refractivity contribution is -0.138. The third-order valence-corrected chi connectivity index (χ3v) is 7.36. The topological polar surface area (TPSA) is 105 Å². The van der Waals surface area contributed by atoms with E-state index >= 15 is 0 Å². The van der Waals surface area contributed by atoms with Gasteiger partial charge in [-0.2, -0.15) is 0 Å². The minimum Gasteiger partial charge on any atom is -0.481 e. The molecule has 0 bridgehead atoms. The number of carbonyl (C=O) groups excluding carboxylic acids is 2. The van der Waals surface area contributed by atoms with E-state index in [0.29, 0.717) is 25.5 Å². The standard InChI is InChI=1S/C28H34N2O5/c1-2-20(15-26(31)32)30-27(33)19-13-11-18(12-14-19)16-29-28(34)35-17-25-23-9-5-3-7-21(23)22-8-4-6-10-24(22)25/h3-10,18-20,25H,2,11-17H2,1H3,(H,29,34)(H,30,33)(H,31,32)/t18?,19?,20-/m0/s1. The van der Waals surface area contributed by atoms with Gasteiger partial charge >= 0.3 is 12.1 Å². The Morgan fingerprint density at radius 2 is 1.57 bits per heavy atom. The van der Waals surface area contributed by atoms with Gasteiger partial charge in [0.1, 0.15) is 6.61 Å². The summed E-state index contributed by atoms with van der Waals surface area (Å²) in [5.41, 5.74) is 4.77. The molecule has 186 valence electrons. The van der Waals surface area contributed by atoms with E-state index in [2.05, 4.69) is 34.9 Å². The number of amides is 2. The SMILES string of the molecule is CC[C@@H](CC(=O)O)NC(=O)C1CCC(CNC(=O)OCC2c3ccccc3-c3ccccc32)CC1. The zero-order chi connectivity index (χ0) is 24.8. The maximum atomic E-state index is 12.5. The van der Waals surface area contributed by atoms with Crippen LogP contribution in [0.2, 0.25) is 0 Å². The van der Waals surface area contributed by atoms with E-state index in [1.807, 2.05) is 31.2 Å². The molecule has 2 aliphatic carbocycles. The van der Waals surface area contributed by atoms with Gasteiger partial charge in [0.15, 0.2) is 0 Å². The number of fused-ring (bicyclic) bond motifs is 3. The summed E-state index contributed by atoms with van der Waals surface area (Å²) in [6.45, 7) is 2.70. The van der Waals surface area contributed by atoms with Crippen LogP contribution in [0.5, 0.6) is 0 Å². The van der Waals surface area contributed by atoms with E-state index in [9.17, 15) is 14.4 Å². The van der Waals surface area contributed by atoms with E-state index < -0.39 is 12.1 Å². The molecule has 2 amide bonds. The molecule has 7 nitrogen and oxygen atoms in total. The van der Waals surface area contributed by atoms with Gasteiger partial charge in [0, 0.05) is 24.4 Å². The molecular weight excluding hydrogens is 444 g/mol. The number of ether oxygens (including phenoxy) is 1. The van der Waals surface area contributed by atoms with Crippen LogP contribution in [0.25, 0.3) is 11.1 Å². The first-order valence-electron chi connectivity index (χ1n) is 12.6. The van der Waals surface area contributed by atoms with Crippen molar-refractivity contribution in [1.29, 1.82) is 0 Å². The molecule has 0 radical (unpaired) electrons. The Morgan fingerprint density at radius 3 is 2.14 bits per heavy atom. The van der Waals surface area contributed by atoms with Gasteiger partial charge in [-0.3, -0.25) is 9.59 Å². The van der Waals surface area contributed by atoms with Crippen LogP contribution in [0, 0.1) is 11.8 Å². The molecular formula is C28H34N2O5. The average molecular weight is 479 g/mol. The molecule has 35 heavy (non-hydrogen) atoms. The first kappa shape index (κ1) is 24.8. The third kappa shape index (κ3) is 6.02. The predicted molar refractivity (Wildman–Crippen MR) is 133 cm³/mol. The summed E-state index contributed by atoms with van der Waals surface area (Å²) in [4.78, 5) is 35.9. The summed E-state index contributed by atoms with van der Waals surface area (Å²) in [5, 5.41) is 14.8. The molecule has 1 saturated carbocycles. The molecule has 0 spiro atoms. The lowest BCUT2D eigenvalue weighted by atomic mass is 9.81. The molecule has 4 rings (SSSR count). The van der Waals surface area contributed by atoms with Crippen LogP contribution in [0.1, 0.15) is 62.5 Å². The zero-order valence-corrected chi connectivity index (χ0v) is 20.2. The minimum absolute atomic E-state index is 0.0372. The van der Waals surface area contributed by atoms with Crippen LogP contribution in [0.3, 0.4) is 0 Å². The third-order valence-electron chi connectivity index (χ3n) is 7.36. The molecule has 0 aliphatic heterocycles. The zero-order valence-electron chi connectivity index (χ0n) is 20.2. The monoisotopic (exact) mass is 478 g/mol. The molecule has 3 N–H and O–H groups in total. The van der Waals surface area contributed by atoms with E-state index in [-0.39, 0.29) is 30.2 Å². The number of rotatable bonds is 9. The lowest BCUT2D eigenvalue weighted by Crippen LogP contribution is -2.41. The van der Waals surface area contributed by atoms with Gasteiger partial charge < -0.3 is 20.5 Å². The van der Waals surface area contributed by atoms with Crippen LogP contribution >= 0.6 is 0 Å². The average Bonchev–Trinajstić information content (AvgIpc) is 3.19. The number of nitrogens with one attached hydrogen (secondary N) is 2. The molecule has 0 unspecified atom stereocenters. The van der Waals surface area contributed by atoms with Crippen molar-refractivity contribution in [3.8, 4) is 11.1 Å². The number of alkyl carbamates (subject to hydrolysis) is 1. The molecule has 0 aromatic heterocycles. The smallest absolute Gasteiger partial charge is 0.407 e. The molecule has 7 heteroatoms. The summed E-state index contributed by atoms with van der Waals surface area (Å²) in [7, 11) is 0. The highest BCUT2D eigenvalue weighted by Crippen LogP contribution is 2.44. The maximum absolute atomic E-state index is 12.5. The van der Waals surface area contributed by atoms with E-state index in [4.69, 9.17) is 9.84 Å². The maximum Gasteiger partial charge on any atom is 0.407 e. The highest BCUT2D eigenvalue weighted by molar-refractivity contribution is 5.80. The fourth-order valence-electron chi connectivity index (χ4n) is 5.33. The number of carboxylic acid groups (broad SMARTS) is 1. The van der Waals surface area contributed by atoms with Crippen LogP contribution in [-0.2, 0) is 14.3 Å². The largest absolute Gasteiger partial charge is 0.481 e. The molecule has 2 aliphatic rings. The second-order valence-corrected chi connectivity index (χ2v) is 9.64. The Bertz CT molecular complexity index is 1020. The summed E-state index contributed by atoms with van der Waals surface area (Å²) in [5.74, 6) is -0.708. The summed E-state index contributed by atoms with van der Waals surface area (Å²) in [6, 6.07) is 16.2. The van der Waals surface area contributed by atoms with Crippen LogP contribution in [0.4, 0.5) is 4.79 Å². The lowest BCUT2D eigenvalue weighted by Gasteiger charge is -2.29. The van der Waals surface area contributed by atoms with Gasteiger partial charge in [-0.25, -0.2) is 4.79 Å². The number of hydrogen-bond acceptors (Lipinski definition) is 4. The number of aliphatic carboxylic acids is 1.